The van der Waals surface area contributed by atoms with Gasteiger partial charge in [-0.2, -0.15) is 14.5 Å². The highest BCUT2D eigenvalue weighted by atomic mass is 32.1. The number of rotatable bonds is 9. The molecule has 3 aromatic rings. The van der Waals surface area contributed by atoms with Crippen LogP contribution in [0.25, 0.3) is 0 Å². The SMILES string of the molecule is Cc1nc(C(C)CCc2noc(C(C)CCc3nsc(C(C)C)n3)n2)n[nH]1. The predicted molar refractivity (Wildman–Crippen MR) is 103 cm³/mol. The maximum atomic E-state index is 5.46. The lowest BCUT2D eigenvalue weighted by molar-refractivity contribution is 0.348. The number of hydrogen-bond donors (Lipinski definition) is 1. The minimum absolute atomic E-state index is 0.185. The average Bonchev–Trinajstić information content (AvgIpc) is 3.37. The fourth-order valence-corrected chi connectivity index (χ4v) is 3.38. The topological polar surface area (TPSA) is 106 Å². The first-order valence-corrected chi connectivity index (χ1v) is 10.2. The highest BCUT2D eigenvalue weighted by molar-refractivity contribution is 7.05. The first kappa shape index (κ1) is 19.6. The zero-order valence-corrected chi connectivity index (χ0v) is 17.4. The van der Waals surface area contributed by atoms with E-state index in [2.05, 4.69) is 62.4 Å². The third-order valence-electron chi connectivity index (χ3n) is 4.54. The molecule has 9 heteroatoms. The van der Waals surface area contributed by atoms with Crippen molar-refractivity contribution in [1.29, 1.82) is 0 Å². The van der Waals surface area contributed by atoms with Crippen molar-refractivity contribution in [1.82, 2.24) is 34.7 Å². The summed E-state index contributed by atoms with van der Waals surface area (Å²) >= 11 is 1.49. The molecule has 146 valence electrons. The fourth-order valence-electron chi connectivity index (χ4n) is 2.70. The van der Waals surface area contributed by atoms with Gasteiger partial charge in [0.15, 0.2) is 11.6 Å². The van der Waals surface area contributed by atoms with Crippen molar-refractivity contribution in [3.8, 4) is 0 Å². The molecule has 0 aliphatic carbocycles. The van der Waals surface area contributed by atoms with Gasteiger partial charge in [0.05, 0.1) is 0 Å². The molecular formula is C18H27N7OS. The molecule has 0 amide bonds. The lowest BCUT2D eigenvalue weighted by Crippen LogP contribution is -2.01. The molecule has 0 aliphatic rings. The molecule has 0 bridgehead atoms. The maximum absolute atomic E-state index is 5.46. The van der Waals surface area contributed by atoms with E-state index in [-0.39, 0.29) is 11.8 Å². The van der Waals surface area contributed by atoms with Crippen molar-refractivity contribution in [3.63, 3.8) is 0 Å². The molecule has 0 radical (unpaired) electrons. The van der Waals surface area contributed by atoms with Crippen molar-refractivity contribution >= 4 is 11.5 Å². The molecule has 27 heavy (non-hydrogen) atoms. The van der Waals surface area contributed by atoms with Crippen LogP contribution < -0.4 is 0 Å². The van der Waals surface area contributed by atoms with E-state index in [0.717, 1.165) is 54.0 Å². The predicted octanol–water partition coefficient (Wildman–Crippen LogP) is 3.94. The summed E-state index contributed by atoms with van der Waals surface area (Å²) in [6.07, 6.45) is 3.34. The van der Waals surface area contributed by atoms with E-state index >= 15 is 0 Å². The number of aryl methyl sites for hydroxylation is 3. The molecule has 0 saturated carbocycles. The van der Waals surface area contributed by atoms with E-state index in [9.17, 15) is 0 Å². The van der Waals surface area contributed by atoms with Gasteiger partial charge in [-0.1, -0.05) is 32.9 Å². The van der Waals surface area contributed by atoms with Crippen LogP contribution in [-0.4, -0.2) is 34.7 Å². The molecule has 2 unspecified atom stereocenters. The van der Waals surface area contributed by atoms with E-state index in [1.807, 2.05) is 6.92 Å². The Morgan fingerprint density at radius 3 is 2.37 bits per heavy atom. The molecule has 0 aromatic carbocycles. The summed E-state index contributed by atoms with van der Waals surface area (Å²) in [6, 6.07) is 0. The van der Waals surface area contributed by atoms with E-state index in [4.69, 9.17) is 4.52 Å². The average molecular weight is 390 g/mol. The molecule has 0 fully saturated rings. The Bertz CT molecular complexity index is 853. The summed E-state index contributed by atoms with van der Waals surface area (Å²) < 4.78 is 9.90. The fraction of sp³-hybridized carbons (Fsp3) is 0.667. The van der Waals surface area contributed by atoms with Crippen LogP contribution in [0.4, 0.5) is 0 Å². The van der Waals surface area contributed by atoms with Gasteiger partial charge >= 0.3 is 0 Å². The number of hydrogen-bond acceptors (Lipinski definition) is 8. The molecule has 0 saturated heterocycles. The van der Waals surface area contributed by atoms with Crippen LogP contribution in [0.3, 0.4) is 0 Å². The van der Waals surface area contributed by atoms with Gasteiger partial charge in [-0.25, -0.2) is 9.97 Å². The maximum Gasteiger partial charge on any atom is 0.229 e. The lowest BCUT2D eigenvalue weighted by atomic mass is 10.0. The van der Waals surface area contributed by atoms with Gasteiger partial charge in [-0.15, -0.1) is 0 Å². The largest absolute Gasteiger partial charge is 0.339 e. The zero-order chi connectivity index (χ0) is 19.4. The normalized spacial score (nSPS) is 14.0. The summed E-state index contributed by atoms with van der Waals surface area (Å²) in [4.78, 5) is 13.5. The minimum atomic E-state index is 0.185. The van der Waals surface area contributed by atoms with Crippen LogP contribution in [-0.2, 0) is 12.8 Å². The van der Waals surface area contributed by atoms with Gasteiger partial charge < -0.3 is 4.52 Å². The van der Waals surface area contributed by atoms with Crippen molar-refractivity contribution in [2.45, 2.75) is 78.1 Å². The molecule has 2 atom stereocenters. The van der Waals surface area contributed by atoms with Crippen molar-refractivity contribution in [2.75, 3.05) is 0 Å². The van der Waals surface area contributed by atoms with Crippen LogP contribution in [0, 0.1) is 6.92 Å². The summed E-state index contributed by atoms with van der Waals surface area (Å²) in [5, 5.41) is 12.3. The Morgan fingerprint density at radius 1 is 0.963 bits per heavy atom. The molecule has 8 nitrogen and oxygen atoms in total. The number of nitrogens with one attached hydrogen (secondary N) is 1. The molecule has 3 heterocycles. The third kappa shape index (κ3) is 5.18. The van der Waals surface area contributed by atoms with E-state index < -0.39 is 0 Å². The van der Waals surface area contributed by atoms with E-state index in [1.165, 1.54) is 11.5 Å². The molecule has 0 spiro atoms. The molecule has 0 aliphatic heterocycles. The number of H-pyrrole nitrogens is 1. The van der Waals surface area contributed by atoms with Crippen LogP contribution in [0.15, 0.2) is 4.52 Å². The molecular weight excluding hydrogens is 362 g/mol. The number of nitrogens with zero attached hydrogens (tertiary/aromatic N) is 6. The number of aromatic amines is 1. The minimum Gasteiger partial charge on any atom is -0.339 e. The van der Waals surface area contributed by atoms with Crippen LogP contribution in [0.5, 0.6) is 0 Å². The Morgan fingerprint density at radius 2 is 1.70 bits per heavy atom. The number of aromatic nitrogens is 7. The molecule has 1 N–H and O–H groups in total. The monoisotopic (exact) mass is 389 g/mol. The highest BCUT2D eigenvalue weighted by Crippen LogP contribution is 2.22. The van der Waals surface area contributed by atoms with Gasteiger partial charge in [0.2, 0.25) is 5.89 Å². The summed E-state index contributed by atoms with van der Waals surface area (Å²) in [6.45, 7) is 10.4. The second-order valence-electron chi connectivity index (χ2n) is 7.41. The summed E-state index contributed by atoms with van der Waals surface area (Å²) in [7, 11) is 0. The van der Waals surface area contributed by atoms with E-state index in [0.29, 0.717) is 11.8 Å². The first-order valence-electron chi connectivity index (χ1n) is 9.46. The Balaban J connectivity index is 1.48. The van der Waals surface area contributed by atoms with Crippen LogP contribution in [0.1, 0.15) is 92.5 Å². The smallest absolute Gasteiger partial charge is 0.229 e. The third-order valence-corrected chi connectivity index (χ3v) is 5.59. The van der Waals surface area contributed by atoms with Crippen LogP contribution in [0.2, 0.25) is 0 Å². The second-order valence-corrected chi connectivity index (χ2v) is 8.19. The van der Waals surface area contributed by atoms with Gasteiger partial charge in [0.1, 0.15) is 16.7 Å². The van der Waals surface area contributed by atoms with Crippen LogP contribution >= 0.6 is 11.5 Å². The Kier molecular flexibility index (Phi) is 6.30. The quantitative estimate of drug-likeness (QED) is 0.590. The first-order chi connectivity index (χ1) is 12.9. The van der Waals surface area contributed by atoms with Gasteiger partial charge in [0, 0.05) is 30.6 Å². The molecule has 3 rings (SSSR count). The lowest BCUT2D eigenvalue weighted by Gasteiger charge is -2.04. The Hall–Kier alpha value is -2.16. The van der Waals surface area contributed by atoms with Crippen molar-refractivity contribution in [3.05, 3.63) is 34.2 Å². The second kappa shape index (κ2) is 8.69. The highest BCUT2D eigenvalue weighted by Gasteiger charge is 2.17. The van der Waals surface area contributed by atoms with Crippen molar-refractivity contribution < 1.29 is 4.52 Å². The van der Waals surface area contributed by atoms with Gasteiger partial charge in [-0.05, 0) is 31.3 Å². The summed E-state index contributed by atoms with van der Waals surface area (Å²) in [5.74, 6) is 4.87. The van der Waals surface area contributed by atoms with E-state index in [1.54, 1.807) is 0 Å². The van der Waals surface area contributed by atoms with Crippen molar-refractivity contribution in [2.24, 2.45) is 0 Å². The standard InChI is InChI=1S/C18H27N7OS/c1-10(2)18-21-15(25-27-18)9-7-12(4)17-20-14(24-26-17)8-6-11(3)16-19-13(5)22-23-16/h10-12H,6-9H2,1-5H3,(H,19,22,23). The van der Waals surface area contributed by atoms with Gasteiger partial charge in [0.25, 0.3) is 0 Å². The zero-order valence-electron chi connectivity index (χ0n) is 16.6. The molecule has 3 aromatic heterocycles. The Labute approximate surface area is 163 Å². The summed E-state index contributed by atoms with van der Waals surface area (Å²) in [5.41, 5.74) is 0. The van der Waals surface area contributed by atoms with Gasteiger partial charge in [-0.3, -0.25) is 5.10 Å².